The first-order valence-corrected chi connectivity index (χ1v) is 8.73. The van der Waals surface area contributed by atoms with E-state index in [1.165, 1.54) is 0 Å². The zero-order chi connectivity index (χ0) is 18.1. The first-order chi connectivity index (χ1) is 12.6. The molecular weight excluding hydrogens is 332 g/mol. The molecule has 2 heterocycles. The van der Waals surface area contributed by atoms with Crippen molar-refractivity contribution in [3.8, 4) is 11.5 Å². The van der Waals surface area contributed by atoms with E-state index in [4.69, 9.17) is 9.47 Å². The van der Waals surface area contributed by atoms with Gasteiger partial charge in [-0.3, -0.25) is 9.59 Å². The van der Waals surface area contributed by atoms with Gasteiger partial charge in [-0.2, -0.15) is 0 Å². The summed E-state index contributed by atoms with van der Waals surface area (Å²) in [5, 5.41) is 5.84. The summed E-state index contributed by atoms with van der Waals surface area (Å²) >= 11 is 0. The van der Waals surface area contributed by atoms with E-state index in [1.54, 1.807) is 12.1 Å². The molecule has 0 saturated heterocycles. The summed E-state index contributed by atoms with van der Waals surface area (Å²) in [6.07, 6.45) is 1.10. The maximum Gasteiger partial charge on any atom is 0.251 e. The lowest BCUT2D eigenvalue weighted by molar-refractivity contribution is -0.116. The van der Waals surface area contributed by atoms with Crippen LogP contribution >= 0.6 is 0 Å². The van der Waals surface area contributed by atoms with E-state index in [0.29, 0.717) is 37.4 Å². The minimum absolute atomic E-state index is 0.0157. The van der Waals surface area contributed by atoms with Crippen LogP contribution in [0, 0.1) is 0 Å². The zero-order valence-corrected chi connectivity index (χ0v) is 14.5. The van der Waals surface area contributed by atoms with Gasteiger partial charge in [0.15, 0.2) is 11.5 Å². The number of benzene rings is 2. The Kier molecular flexibility index (Phi) is 4.24. The molecule has 6 nitrogen and oxygen atoms in total. The standard InChI is InChI=1S/C20H20N2O4/c1-12(13-3-6-17-18(11-13)26-9-8-25-17)21-20(24)15-2-5-16-14(10-15)4-7-19(23)22-16/h2-3,5-6,10-12H,4,7-9H2,1H3,(H,21,24)(H,22,23)/t12-/m0/s1. The third-order valence-electron chi connectivity index (χ3n) is 4.68. The van der Waals surface area contributed by atoms with Gasteiger partial charge in [-0.25, -0.2) is 0 Å². The Labute approximate surface area is 151 Å². The van der Waals surface area contributed by atoms with Crippen LogP contribution in [-0.2, 0) is 11.2 Å². The fourth-order valence-corrected chi connectivity index (χ4v) is 3.22. The summed E-state index contributed by atoms with van der Waals surface area (Å²) in [6.45, 7) is 3.02. The number of carbonyl (C=O) groups excluding carboxylic acids is 2. The monoisotopic (exact) mass is 352 g/mol. The van der Waals surface area contributed by atoms with Crippen molar-refractivity contribution < 1.29 is 19.1 Å². The number of carbonyl (C=O) groups is 2. The SMILES string of the molecule is C[C@H](NC(=O)c1ccc2c(c1)CCC(=O)N2)c1ccc2c(c1)OCCO2. The van der Waals surface area contributed by atoms with Crippen molar-refractivity contribution in [1.82, 2.24) is 5.32 Å². The number of nitrogens with one attached hydrogen (secondary N) is 2. The van der Waals surface area contributed by atoms with Crippen molar-refractivity contribution in [1.29, 1.82) is 0 Å². The number of rotatable bonds is 3. The van der Waals surface area contributed by atoms with Crippen LogP contribution in [-0.4, -0.2) is 25.0 Å². The molecule has 0 unspecified atom stereocenters. The van der Waals surface area contributed by atoms with Crippen molar-refractivity contribution >= 4 is 17.5 Å². The number of ether oxygens (including phenoxy) is 2. The molecular formula is C20H20N2O4. The van der Waals surface area contributed by atoms with Crippen molar-refractivity contribution in [3.05, 3.63) is 53.1 Å². The quantitative estimate of drug-likeness (QED) is 0.891. The molecule has 6 heteroatoms. The summed E-state index contributed by atoms with van der Waals surface area (Å²) in [7, 11) is 0. The van der Waals surface area contributed by atoms with E-state index in [0.717, 1.165) is 22.6 Å². The van der Waals surface area contributed by atoms with Crippen LogP contribution in [0.15, 0.2) is 36.4 Å². The summed E-state index contributed by atoms with van der Waals surface area (Å²) < 4.78 is 11.1. The van der Waals surface area contributed by atoms with Gasteiger partial charge >= 0.3 is 0 Å². The lowest BCUT2D eigenvalue weighted by Crippen LogP contribution is -2.27. The van der Waals surface area contributed by atoms with E-state index in [-0.39, 0.29) is 17.9 Å². The van der Waals surface area contributed by atoms with Crippen molar-refractivity contribution in [3.63, 3.8) is 0 Å². The van der Waals surface area contributed by atoms with Gasteiger partial charge in [0.05, 0.1) is 6.04 Å². The highest BCUT2D eigenvalue weighted by molar-refractivity contribution is 5.98. The molecule has 0 aromatic heterocycles. The van der Waals surface area contributed by atoms with Gasteiger partial charge in [-0.15, -0.1) is 0 Å². The van der Waals surface area contributed by atoms with Gasteiger partial charge in [0.25, 0.3) is 5.91 Å². The first kappa shape index (κ1) is 16.4. The normalized spacial score (nSPS) is 16.3. The van der Waals surface area contributed by atoms with Crippen LogP contribution in [0.3, 0.4) is 0 Å². The van der Waals surface area contributed by atoms with E-state index in [2.05, 4.69) is 10.6 Å². The van der Waals surface area contributed by atoms with Gasteiger partial charge in [-0.1, -0.05) is 6.07 Å². The molecule has 2 aromatic rings. The molecule has 4 rings (SSSR count). The molecule has 134 valence electrons. The number of anilines is 1. The molecule has 2 aromatic carbocycles. The highest BCUT2D eigenvalue weighted by atomic mass is 16.6. The van der Waals surface area contributed by atoms with Crippen LogP contribution in [0.25, 0.3) is 0 Å². The van der Waals surface area contributed by atoms with E-state index in [9.17, 15) is 9.59 Å². The summed E-state index contributed by atoms with van der Waals surface area (Å²) in [6, 6.07) is 10.9. The van der Waals surface area contributed by atoms with Crippen LogP contribution < -0.4 is 20.1 Å². The fourth-order valence-electron chi connectivity index (χ4n) is 3.22. The molecule has 0 radical (unpaired) electrons. The smallest absolute Gasteiger partial charge is 0.251 e. The second kappa shape index (κ2) is 6.71. The highest BCUT2D eigenvalue weighted by Gasteiger charge is 2.19. The van der Waals surface area contributed by atoms with Crippen molar-refractivity contribution in [2.24, 2.45) is 0 Å². The van der Waals surface area contributed by atoms with E-state index >= 15 is 0 Å². The Balaban J connectivity index is 1.48. The molecule has 2 aliphatic rings. The Morgan fingerprint density at radius 2 is 1.88 bits per heavy atom. The summed E-state index contributed by atoms with van der Waals surface area (Å²) in [4.78, 5) is 24.1. The van der Waals surface area contributed by atoms with Crippen LogP contribution in [0.2, 0.25) is 0 Å². The molecule has 26 heavy (non-hydrogen) atoms. The maximum atomic E-state index is 12.6. The molecule has 2 aliphatic heterocycles. The molecule has 0 fully saturated rings. The van der Waals surface area contributed by atoms with Gasteiger partial charge in [0.2, 0.25) is 5.91 Å². The minimum atomic E-state index is -0.172. The maximum absolute atomic E-state index is 12.6. The fraction of sp³-hybridized carbons (Fsp3) is 0.300. The minimum Gasteiger partial charge on any atom is -0.486 e. The van der Waals surface area contributed by atoms with Gasteiger partial charge < -0.3 is 20.1 Å². The van der Waals surface area contributed by atoms with Crippen molar-refractivity contribution in [2.75, 3.05) is 18.5 Å². The lowest BCUT2D eigenvalue weighted by atomic mass is 9.99. The number of amides is 2. The average molecular weight is 352 g/mol. The molecule has 2 amide bonds. The van der Waals surface area contributed by atoms with Gasteiger partial charge in [0.1, 0.15) is 13.2 Å². The topological polar surface area (TPSA) is 76.7 Å². The highest BCUT2D eigenvalue weighted by Crippen LogP contribution is 2.32. The predicted octanol–water partition coefficient (Wildman–Crippen LogP) is 2.83. The zero-order valence-electron chi connectivity index (χ0n) is 14.5. The third kappa shape index (κ3) is 3.22. The van der Waals surface area contributed by atoms with E-state index < -0.39 is 0 Å². The average Bonchev–Trinajstić information content (AvgIpc) is 2.67. The Hall–Kier alpha value is -3.02. The molecule has 0 aliphatic carbocycles. The second-order valence-electron chi connectivity index (χ2n) is 6.52. The molecule has 1 atom stereocenters. The summed E-state index contributed by atoms with van der Waals surface area (Å²) in [5.41, 5.74) is 3.32. The Bertz CT molecular complexity index is 878. The lowest BCUT2D eigenvalue weighted by Gasteiger charge is -2.21. The van der Waals surface area contributed by atoms with Crippen LogP contribution in [0.1, 0.15) is 40.9 Å². The van der Waals surface area contributed by atoms with E-state index in [1.807, 2.05) is 31.2 Å². The number of fused-ring (bicyclic) bond motifs is 2. The Morgan fingerprint density at radius 3 is 2.73 bits per heavy atom. The second-order valence-corrected chi connectivity index (χ2v) is 6.52. The Morgan fingerprint density at radius 1 is 1.08 bits per heavy atom. The molecule has 0 saturated carbocycles. The predicted molar refractivity (Wildman–Crippen MR) is 96.7 cm³/mol. The van der Waals surface area contributed by atoms with Gasteiger partial charge in [0, 0.05) is 17.7 Å². The number of aryl methyl sites for hydroxylation is 1. The summed E-state index contributed by atoms with van der Waals surface area (Å²) in [5.74, 6) is 1.31. The molecule has 0 bridgehead atoms. The van der Waals surface area contributed by atoms with Crippen LogP contribution in [0.4, 0.5) is 5.69 Å². The first-order valence-electron chi connectivity index (χ1n) is 8.73. The molecule has 0 spiro atoms. The van der Waals surface area contributed by atoms with Crippen LogP contribution in [0.5, 0.6) is 11.5 Å². The van der Waals surface area contributed by atoms with Gasteiger partial charge in [-0.05, 0) is 54.8 Å². The number of hydrogen-bond acceptors (Lipinski definition) is 4. The largest absolute Gasteiger partial charge is 0.486 e. The number of hydrogen-bond donors (Lipinski definition) is 2. The third-order valence-corrected chi connectivity index (χ3v) is 4.68. The van der Waals surface area contributed by atoms with Crippen molar-refractivity contribution in [2.45, 2.75) is 25.8 Å². The molecule has 2 N–H and O–H groups in total.